The van der Waals surface area contributed by atoms with Crippen molar-refractivity contribution in [1.82, 2.24) is 5.43 Å². The van der Waals surface area contributed by atoms with Crippen LogP contribution in [-0.2, 0) is 12.8 Å². The largest absolute Gasteiger partial charge is 0.386 e. The van der Waals surface area contributed by atoms with Crippen LogP contribution in [0.15, 0.2) is 48.5 Å². The number of benzene rings is 2. The minimum Gasteiger partial charge on any atom is -0.386 e. The Labute approximate surface area is 232 Å². The van der Waals surface area contributed by atoms with Gasteiger partial charge in [-0.25, -0.2) is 0 Å². The zero-order valence-electron chi connectivity index (χ0n) is 18.5. The Morgan fingerprint density at radius 3 is 1.53 bits per heavy atom. The van der Waals surface area contributed by atoms with Crippen LogP contribution < -0.4 is 11.3 Å². The highest BCUT2D eigenvalue weighted by atomic mass is 35.5. The summed E-state index contributed by atoms with van der Waals surface area (Å²) < 4.78 is 0. The molecule has 5 N–H and O–H groups in total. The molecule has 2 atom stereocenters. The van der Waals surface area contributed by atoms with E-state index in [4.69, 9.17) is 63.8 Å². The molecule has 2 fully saturated rings. The van der Waals surface area contributed by atoms with Crippen LogP contribution in [0.3, 0.4) is 0 Å². The van der Waals surface area contributed by atoms with Gasteiger partial charge in [-0.1, -0.05) is 59.6 Å². The van der Waals surface area contributed by atoms with E-state index >= 15 is 0 Å². The summed E-state index contributed by atoms with van der Waals surface area (Å²) in [6.07, 6.45) is 4.03. The lowest BCUT2D eigenvalue weighted by atomic mass is 9.89. The number of hydrogen-bond acceptors (Lipinski definition) is 4. The van der Waals surface area contributed by atoms with E-state index in [2.05, 4.69) is 5.43 Å². The second-order valence-electron chi connectivity index (χ2n) is 9.04. The Morgan fingerprint density at radius 2 is 1.18 bits per heavy atom. The number of aliphatic hydroxyl groups is 2. The fraction of sp³-hybridized carbons (Fsp3) is 0.500. The van der Waals surface area contributed by atoms with Crippen LogP contribution in [0.4, 0.5) is 0 Å². The highest BCUT2D eigenvalue weighted by molar-refractivity contribution is 6.32. The lowest BCUT2D eigenvalue weighted by molar-refractivity contribution is 0.0285. The molecule has 0 radical (unpaired) electrons. The molecular formula is C24H30Cl6N2O2. The maximum atomic E-state index is 10.7. The topological polar surface area (TPSA) is 78.5 Å². The first-order chi connectivity index (χ1) is 15.5. The van der Waals surface area contributed by atoms with Gasteiger partial charge in [0.1, 0.15) is 11.2 Å². The van der Waals surface area contributed by atoms with E-state index in [0.29, 0.717) is 22.9 Å². The molecule has 0 spiro atoms. The van der Waals surface area contributed by atoms with Crippen LogP contribution in [-0.4, -0.2) is 43.6 Å². The lowest BCUT2D eigenvalue weighted by Gasteiger charge is -2.33. The Morgan fingerprint density at radius 1 is 0.794 bits per heavy atom. The van der Waals surface area contributed by atoms with E-state index in [1.807, 2.05) is 36.4 Å². The summed E-state index contributed by atoms with van der Waals surface area (Å²) in [6, 6.07) is 14.9. The molecule has 2 aromatic carbocycles. The number of rotatable bonds is 9. The van der Waals surface area contributed by atoms with Gasteiger partial charge in [-0.2, -0.15) is 0 Å². The van der Waals surface area contributed by atoms with Crippen molar-refractivity contribution in [3.05, 3.63) is 69.7 Å². The molecule has 2 aromatic rings. The van der Waals surface area contributed by atoms with E-state index in [0.717, 1.165) is 36.8 Å². The van der Waals surface area contributed by atoms with E-state index in [1.165, 1.54) is 0 Å². The van der Waals surface area contributed by atoms with Gasteiger partial charge >= 0.3 is 0 Å². The van der Waals surface area contributed by atoms with Crippen molar-refractivity contribution >= 4 is 70.4 Å². The minimum atomic E-state index is -1.07. The van der Waals surface area contributed by atoms with Gasteiger partial charge in [0.2, 0.25) is 0 Å². The molecule has 0 bridgehead atoms. The molecule has 2 unspecified atom stereocenters. The number of alkyl halides is 3. The zero-order chi connectivity index (χ0) is 24.3. The Balaban J connectivity index is 0.000000234. The van der Waals surface area contributed by atoms with Crippen LogP contribution in [0, 0.1) is 0 Å². The summed E-state index contributed by atoms with van der Waals surface area (Å²) in [5.74, 6) is 5.46. The maximum Gasteiger partial charge on any atom is 0.102 e. The van der Waals surface area contributed by atoms with Crippen LogP contribution in [0.1, 0.15) is 36.8 Å². The smallest absolute Gasteiger partial charge is 0.102 e. The molecule has 2 aliphatic carbocycles. The SMILES string of the molecule is Cl.NNCC(O)(Cc1ccccc1Cl)C1(Cl)CC1.OC(CCl)(Cc1ccccc1Cl)C1(Cl)CC1. The molecule has 0 aromatic heterocycles. The molecule has 0 saturated heterocycles. The molecule has 0 aliphatic heterocycles. The first-order valence-electron chi connectivity index (χ1n) is 10.8. The third kappa shape index (κ3) is 6.86. The summed E-state index contributed by atoms with van der Waals surface area (Å²) in [6.45, 7) is 0.252. The predicted octanol–water partition coefficient (Wildman–Crippen LogP) is 5.89. The summed E-state index contributed by atoms with van der Waals surface area (Å²) in [5, 5.41) is 22.4. The third-order valence-electron chi connectivity index (χ3n) is 6.54. The average Bonchev–Trinajstić information content (AvgIpc) is 3.71. The molecule has 4 nitrogen and oxygen atoms in total. The molecule has 2 aliphatic rings. The molecule has 2 saturated carbocycles. The second-order valence-corrected chi connectivity index (χ2v) is 11.6. The zero-order valence-corrected chi connectivity index (χ0v) is 23.1. The number of nitrogens with two attached hydrogens (primary N) is 1. The van der Waals surface area contributed by atoms with E-state index in [1.54, 1.807) is 12.1 Å². The van der Waals surface area contributed by atoms with Gasteiger partial charge in [-0.05, 0) is 48.9 Å². The van der Waals surface area contributed by atoms with E-state index < -0.39 is 21.0 Å². The van der Waals surface area contributed by atoms with Crippen molar-refractivity contribution in [2.24, 2.45) is 5.84 Å². The van der Waals surface area contributed by atoms with Crippen molar-refractivity contribution in [3.63, 3.8) is 0 Å². The number of halogens is 6. The van der Waals surface area contributed by atoms with Crippen molar-refractivity contribution in [3.8, 4) is 0 Å². The van der Waals surface area contributed by atoms with Crippen molar-refractivity contribution in [2.45, 2.75) is 59.5 Å². The molecule has 34 heavy (non-hydrogen) atoms. The van der Waals surface area contributed by atoms with Gasteiger partial charge in [0.15, 0.2) is 0 Å². The fourth-order valence-corrected chi connectivity index (χ4v) is 5.22. The van der Waals surface area contributed by atoms with Crippen molar-refractivity contribution < 1.29 is 10.2 Å². The summed E-state index contributed by atoms with van der Waals surface area (Å²) in [5.41, 5.74) is 2.16. The highest BCUT2D eigenvalue weighted by Gasteiger charge is 2.58. The van der Waals surface area contributed by atoms with Crippen LogP contribution >= 0.6 is 70.4 Å². The Bertz CT molecular complexity index is 957. The molecular weight excluding hydrogens is 561 g/mol. The first-order valence-corrected chi connectivity index (χ1v) is 12.8. The lowest BCUT2D eigenvalue weighted by Crippen LogP contribution is -2.52. The predicted molar refractivity (Wildman–Crippen MR) is 146 cm³/mol. The monoisotopic (exact) mass is 588 g/mol. The summed E-state index contributed by atoms with van der Waals surface area (Å²) in [7, 11) is 0. The molecule has 0 heterocycles. The van der Waals surface area contributed by atoms with Crippen LogP contribution in [0.5, 0.6) is 0 Å². The van der Waals surface area contributed by atoms with Crippen LogP contribution in [0.25, 0.3) is 0 Å². The van der Waals surface area contributed by atoms with Gasteiger partial charge in [0.05, 0.1) is 15.6 Å². The van der Waals surface area contributed by atoms with Gasteiger partial charge in [0.25, 0.3) is 0 Å². The molecule has 10 heteroatoms. The number of hydrazine groups is 1. The fourth-order valence-electron chi connectivity index (χ4n) is 3.94. The van der Waals surface area contributed by atoms with Gasteiger partial charge < -0.3 is 10.2 Å². The average molecular weight is 591 g/mol. The van der Waals surface area contributed by atoms with E-state index in [9.17, 15) is 10.2 Å². The quantitative estimate of drug-likeness (QED) is 0.167. The van der Waals surface area contributed by atoms with Crippen LogP contribution in [0.2, 0.25) is 10.0 Å². The van der Waals surface area contributed by atoms with Gasteiger partial charge in [-0.15, -0.1) is 47.2 Å². The van der Waals surface area contributed by atoms with Crippen molar-refractivity contribution in [1.29, 1.82) is 0 Å². The second kappa shape index (κ2) is 12.0. The Hall–Kier alpha value is 0.0200. The normalized spacial score (nSPS) is 20.6. The molecule has 4 rings (SSSR count). The highest BCUT2D eigenvalue weighted by Crippen LogP contribution is 2.53. The summed E-state index contributed by atoms with van der Waals surface area (Å²) >= 11 is 30.6. The molecule has 190 valence electrons. The maximum absolute atomic E-state index is 10.7. The van der Waals surface area contributed by atoms with E-state index in [-0.39, 0.29) is 24.8 Å². The molecule has 0 amide bonds. The standard InChI is InChI=1S/C12H13Cl3O.C12H16Cl2N2O.ClH/c13-8-12(16,11(15)5-6-11)7-9-3-1-2-4-10(9)14;13-10-4-2-1-3-9(10)7-12(17,8-16-15)11(14)5-6-11;/h1-4,16H,5-8H2;1-4,16-17H,5-8,15H2;1H. The number of hydrogen-bond donors (Lipinski definition) is 4. The van der Waals surface area contributed by atoms with Gasteiger partial charge in [0, 0.05) is 29.4 Å². The summed E-state index contributed by atoms with van der Waals surface area (Å²) in [4.78, 5) is -1.13. The minimum absolute atomic E-state index is 0. The first kappa shape index (κ1) is 30.2. The van der Waals surface area contributed by atoms with Crippen molar-refractivity contribution in [2.75, 3.05) is 12.4 Å². The number of nitrogens with one attached hydrogen (secondary N) is 1. The van der Waals surface area contributed by atoms with Gasteiger partial charge in [-0.3, -0.25) is 11.3 Å². The third-order valence-corrected chi connectivity index (χ3v) is 9.18. The Kier molecular flexibility index (Phi) is 10.7.